The molecular weight excluding hydrogens is 1640 g/mol. The van der Waals surface area contributed by atoms with E-state index in [1.165, 1.54) is 35.9 Å². The Kier molecular flexibility index (Phi) is 32.5. The Balaban J connectivity index is 0.761. The standard InChI is InChI=1S/C76H95FN20O21S3/c1-42(98)119-41-59(100)87-52(68(104)85-38-45-40-96(94-92-45)33-14-3-2-12-30-82-67(103)44-23-24-46(49(36-44)73(109)110)61-47-25-27-50(78)64(120(112,113)114)62(47)118-63-48(61)26-28-51(79)65(63)121(115,116)117)19-9-13-31-83-74(111)76(77)29-11-5-8-22-57-66(76)93-95-97(57)34-15-10-20-54-70(106)89-53(21-16-32-84-75(80)81)69(105)86-39-58(99)88-56(37-60(101)102)72(108)91-55(71(107)90-54)35-43-17-6-4-7-18-43/h4,6-7,17-18,23-28,36,40,52-56,78H,2-3,5,8-16,19-22,29-35,37-39,41,79H2,1H3,(H,82,103)(H,83,111)(H,85,104)(H,86,105)(H,87,100)(H,88,99)(H,89,106)(H,90,107)(H,91,108)(H,101,102)(H,109,110)(H4,80,81,84)(H,112,113,114)(H,115,116,117)/t52-,53-,54-,55+,56-,76?/m0/s1. The van der Waals surface area contributed by atoms with Crippen molar-refractivity contribution in [2.24, 2.45) is 5.73 Å². The van der Waals surface area contributed by atoms with Gasteiger partial charge in [0.05, 0.1) is 53.8 Å². The highest BCUT2D eigenvalue weighted by atomic mass is 32.2. The molecule has 20 N–H and O–H groups in total. The van der Waals surface area contributed by atoms with E-state index in [2.05, 4.69) is 73.8 Å². The van der Waals surface area contributed by atoms with E-state index in [4.69, 9.17) is 26.7 Å². The van der Waals surface area contributed by atoms with Gasteiger partial charge in [-0.05, 0) is 137 Å². The summed E-state index contributed by atoms with van der Waals surface area (Å²) >= 11 is 0.743. The number of carboxylic acid groups (broad SMARTS) is 2. The predicted octanol–water partition coefficient (Wildman–Crippen LogP) is 1.50. The number of nitrogens with one attached hydrogen (secondary N) is 12. The van der Waals surface area contributed by atoms with E-state index < -0.39 is 172 Å². The highest BCUT2D eigenvalue weighted by Crippen LogP contribution is 2.46. The minimum absolute atomic E-state index is 0.0463. The van der Waals surface area contributed by atoms with Crippen molar-refractivity contribution in [3.8, 4) is 22.5 Å². The summed E-state index contributed by atoms with van der Waals surface area (Å²) in [6, 6.07) is 9.57. The summed E-state index contributed by atoms with van der Waals surface area (Å²) in [5.41, 5.74) is 7.42. The lowest BCUT2D eigenvalue weighted by Crippen LogP contribution is -2.58. The molecule has 650 valence electrons. The van der Waals surface area contributed by atoms with Gasteiger partial charge in [0.15, 0.2) is 32.2 Å². The number of carbonyl (C=O) groups is 12. The fourth-order valence-corrected chi connectivity index (χ4v) is 15.9. The van der Waals surface area contributed by atoms with Crippen LogP contribution in [0.2, 0.25) is 0 Å². The van der Waals surface area contributed by atoms with Crippen LogP contribution in [0, 0.1) is 10.8 Å². The number of aromatic carboxylic acids is 1. The monoisotopic (exact) mass is 1740 g/mol. The fraction of sp³-hybridized carbons (Fsp3) is 0.447. The molecular formula is C76H95FN20O21S3. The number of hydrogen-bond acceptors (Lipinski definition) is 25. The maximum Gasteiger partial charge on any atom is 0.336 e. The number of rotatable bonds is 37. The van der Waals surface area contributed by atoms with Crippen molar-refractivity contribution in [2.45, 2.75) is 194 Å². The van der Waals surface area contributed by atoms with Gasteiger partial charge in [-0.15, -0.1) is 10.2 Å². The van der Waals surface area contributed by atoms with Gasteiger partial charge in [-0.1, -0.05) is 77.8 Å². The molecule has 6 atom stereocenters. The van der Waals surface area contributed by atoms with Crippen LogP contribution >= 0.6 is 11.8 Å². The first kappa shape index (κ1) is 92.5. The lowest BCUT2D eigenvalue weighted by atomic mass is 9.88. The number of halogens is 1. The minimum atomic E-state index is -5.26. The zero-order chi connectivity index (χ0) is 87.9. The molecule has 9 rings (SSSR count). The number of anilines is 1. The second-order valence-electron chi connectivity index (χ2n) is 28.9. The van der Waals surface area contributed by atoms with Crippen molar-refractivity contribution in [3.05, 3.63) is 118 Å². The van der Waals surface area contributed by atoms with Crippen LogP contribution in [-0.2, 0) is 106 Å². The van der Waals surface area contributed by atoms with Gasteiger partial charge in [-0.25, -0.2) is 13.9 Å². The maximum absolute atomic E-state index is 17.5. The molecule has 9 amide bonds. The maximum atomic E-state index is 17.5. The Morgan fingerprint density at radius 3 is 2.09 bits per heavy atom. The quantitative estimate of drug-likeness (QED) is 0.00655. The average Bonchev–Trinajstić information content (AvgIpc) is 1.12. The number of thioether (sulfide) groups is 1. The first-order chi connectivity index (χ1) is 57.5. The van der Waals surface area contributed by atoms with Crippen molar-refractivity contribution in [1.82, 2.24) is 83.2 Å². The van der Waals surface area contributed by atoms with Crippen LogP contribution in [0.4, 0.5) is 10.1 Å². The van der Waals surface area contributed by atoms with Gasteiger partial charge in [0.25, 0.3) is 32.1 Å². The second-order valence-corrected chi connectivity index (χ2v) is 32.8. The summed E-state index contributed by atoms with van der Waals surface area (Å²) in [5, 5.41) is 77.5. The molecule has 0 radical (unpaired) electrons. The van der Waals surface area contributed by atoms with Gasteiger partial charge in [-0.2, -0.15) is 16.8 Å². The molecule has 1 unspecified atom stereocenters. The molecule has 2 aliphatic carbocycles. The van der Waals surface area contributed by atoms with Crippen LogP contribution in [0.5, 0.6) is 0 Å². The van der Waals surface area contributed by atoms with Crippen molar-refractivity contribution in [2.75, 3.05) is 37.7 Å². The molecule has 3 aromatic carbocycles. The van der Waals surface area contributed by atoms with Crippen LogP contribution in [-0.4, -0.2) is 204 Å². The van der Waals surface area contributed by atoms with Gasteiger partial charge in [0.2, 0.25) is 47.0 Å². The Bertz CT molecular complexity index is 5320. The van der Waals surface area contributed by atoms with Crippen molar-refractivity contribution < 1.29 is 102 Å². The van der Waals surface area contributed by atoms with Crippen molar-refractivity contribution >= 4 is 125 Å². The Hall–Kier alpha value is -12.4. The van der Waals surface area contributed by atoms with Gasteiger partial charge in [-0.3, -0.25) is 77.3 Å². The number of fused-ring (bicyclic) bond motifs is 3. The number of nitrogens with two attached hydrogens (primary N) is 2. The van der Waals surface area contributed by atoms with E-state index in [1.807, 2.05) is 0 Å². The first-order valence-electron chi connectivity index (χ1n) is 38.8. The van der Waals surface area contributed by atoms with Gasteiger partial charge >= 0.3 is 11.9 Å². The Morgan fingerprint density at radius 2 is 1.38 bits per heavy atom. The van der Waals surface area contributed by atoms with E-state index in [-0.39, 0.29) is 147 Å². The van der Waals surface area contributed by atoms with Crippen molar-refractivity contribution in [1.29, 1.82) is 10.8 Å². The predicted molar refractivity (Wildman–Crippen MR) is 431 cm³/mol. The number of unbranched alkanes of at least 4 members (excludes halogenated alkanes) is 5. The van der Waals surface area contributed by atoms with Gasteiger partial charge in [0, 0.05) is 68.1 Å². The molecule has 2 aromatic heterocycles. The van der Waals surface area contributed by atoms with Crippen molar-refractivity contribution in [3.63, 3.8) is 0 Å². The summed E-state index contributed by atoms with van der Waals surface area (Å²) in [4.78, 5) is 158. The number of alkyl halides is 1. The van der Waals surface area contributed by atoms with E-state index in [9.17, 15) is 93.7 Å². The number of nitrogens with zero attached hydrogens (tertiary/aromatic N) is 6. The minimum Gasteiger partial charge on any atom is -0.481 e. The highest BCUT2D eigenvalue weighted by Gasteiger charge is 2.46. The number of guanidine groups is 1. The molecule has 1 saturated heterocycles. The molecule has 41 nitrogen and oxygen atoms in total. The number of aromatic nitrogens is 6. The molecule has 0 bridgehead atoms. The molecule has 1 fully saturated rings. The SMILES string of the molecule is CC(=O)SCC(=O)N[C@@H](CCCCNC(=O)C1(F)CCCCCc2c1nnn2CCCC[C@@H]1NC(=O)[C@@H](Cc2ccccc2)NC(=O)[C@H](CC(=O)O)NC(=O)CNC(=O)[C@H](CCCNC(=N)N)NC1=O)C(=O)NCc1cn(CCCCCCNC(=O)c2ccc(-c3c4ccc(=N)c(S(=O)(=O)O)c-4oc4c(S(=O)(=O)O)c(N)ccc34)c(C(=O)O)c2)nn1. The number of aryl methyl sites for hydroxylation is 2. The summed E-state index contributed by atoms with van der Waals surface area (Å²) in [5.74, 6) is -11.7. The number of hydrogen-bond donors (Lipinski definition) is 18. The Morgan fingerprint density at radius 1 is 0.719 bits per heavy atom. The van der Waals surface area contributed by atoms with Crippen LogP contribution in [0.3, 0.4) is 0 Å². The largest absolute Gasteiger partial charge is 0.481 e. The van der Waals surface area contributed by atoms with E-state index in [0.29, 0.717) is 74.9 Å². The van der Waals surface area contributed by atoms with Crippen LogP contribution in [0.1, 0.15) is 159 Å². The summed E-state index contributed by atoms with van der Waals surface area (Å²) in [6.45, 7) is 1.19. The van der Waals surface area contributed by atoms with Crippen LogP contribution in [0.15, 0.2) is 93.2 Å². The molecule has 45 heteroatoms. The third kappa shape index (κ3) is 25.6. The summed E-state index contributed by atoms with van der Waals surface area (Å²) < 4.78 is 97.1. The van der Waals surface area contributed by atoms with Gasteiger partial charge in [0.1, 0.15) is 41.6 Å². The normalized spacial score (nSPS) is 17.8. The van der Waals surface area contributed by atoms with E-state index >= 15 is 4.39 Å². The molecule has 4 heterocycles. The fourth-order valence-electron chi connectivity index (χ4n) is 14.0. The molecule has 4 aliphatic rings. The zero-order valence-electron chi connectivity index (χ0n) is 65.7. The number of carbonyl (C=O) groups excluding carboxylic acids is 10. The smallest absolute Gasteiger partial charge is 0.336 e. The Labute approximate surface area is 696 Å². The molecule has 5 aromatic rings. The third-order valence-electron chi connectivity index (χ3n) is 19.9. The number of aliphatic carboxylic acids is 1. The van der Waals surface area contributed by atoms with Gasteiger partial charge < -0.3 is 79.3 Å². The second kappa shape index (κ2) is 42.5. The van der Waals surface area contributed by atoms with E-state index in [0.717, 1.165) is 30.0 Å². The molecule has 2 aliphatic heterocycles. The topological polar surface area (TPSA) is 649 Å². The lowest BCUT2D eigenvalue weighted by Gasteiger charge is -2.26. The average molecular weight is 1740 g/mol. The number of carboxylic acids is 2. The summed E-state index contributed by atoms with van der Waals surface area (Å²) in [6.07, 6.45) is 5.52. The number of nitrogen functional groups attached to an aromatic ring is 1. The molecule has 0 saturated carbocycles. The molecule has 0 spiro atoms. The zero-order valence-corrected chi connectivity index (χ0v) is 68.1. The van der Waals surface area contributed by atoms with E-state index in [1.54, 1.807) is 41.2 Å². The van der Waals surface area contributed by atoms with Crippen LogP contribution < -0.4 is 70.0 Å². The number of amides is 9. The molecule has 121 heavy (non-hydrogen) atoms. The third-order valence-corrected chi connectivity index (χ3v) is 22.6. The summed E-state index contributed by atoms with van der Waals surface area (Å²) in [7, 11) is -10.5. The number of benzene rings is 4. The highest BCUT2D eigenvalue weighted by molar-refractivity contribution is 8.14. The van der Waals surface area contributed by atoms with Crippen LogP contribution in [0.25, 0.3) is 33.4 Å². The lowest BCUT2D eigenvalue weighted by molar-refractivity contribution is -0.141. The first-order valence-corrected chi connectivity index (χ1v) is 42.7.